The van der Waals surface area contributed by atoms with Gasteiger partial charge in [-0.2, -0.15) is 18.7 Å². The van der Waals surface area contributed by atoms with Crippen LogP contribution in [0, 0.1) is 0 Å². The zero-order chi connectivity index (χ0) is 20.4. The molecule has 1 saturated heterocycles. The molecule has 0 unspecified atom stereocenters. The van der Waals surface area contributed by atoms with Crippen molar-refractivity contribution in [2.24, 2.45) is 0 Å². The van der Waals surface area contributed by atoms with E-state index in [2.05, 4.69) is 25.3 Å². The van der Waals surface area contributed by atoms with Crippen molar-refractivity contribution in [3.05, 3.63) is 47.9 Å². The van der Waals surface area contributed by atoms with E-state index in [0.717, 1.165) is 22.6 Å². The lowest BCUT2D eigenvalue weighted by atomic mass is 10.1. The van der Waals surface area contributed by atoms with Crippen molar-refractivity contribution in [3.8, 4) is 0 Å². The van der Waals surface area contributed by atoms with Gasteiger partial charge in [-0.15, -0.1) is 0 Å². The number of pyridine rings is 2. The summed E-state index contributed by atoms with van der Waals surface area (Å²) in [6.45, 7) is 1.16. The number of alkyl halides is 4. The summed E-state index contributed by atoms with van der Waals surface area (Å²) in [5, 5.41) is 3.82. The molecule has 1 aliphatic heterocycles. The van der Waals surface area contributed by atoms with Crippen LogP contribution < -0.4 is 10.2 Å². The molecule has 0 saturated carbocycles. The molecular formula is C19H18F3IN6. The standard InChI is InChI=1S/C19H18F3IN6/c20-13-5-9-29(10-6-13)18-27-16-14(4-2-8-25-16)17(28-18)26-11-12-3-1-7-24-15(12)19(21,22)23/h1-4,7-8,13H,5-6,9-11H2,(H,25,26,27,28). The van der Waals surface area contributed by atoms with Crippen molar-refractivity contribution in [3.63, 3.8) is 0 Å². The second-order valence-electron chi connectivity index (χ2n) is 6.77. The third-order valence-corrected chi connectivity index (χ3v) is 5.28. The summed E-state index contributed by atoms with van der Waals surface area (Å²) in [6.07, 6.45) is 3.03. The minimum absolute atomic E-state index is 0.120. The van der Waals surface area contributed by atoms with E-state index in [-0.39, 0.29) is 12.2 Å². The summed E-state index contributed by atoms with van der Waals surface area (Å²) in [4.78, 5) is 19.1. The third kappa shape index (κ3) is 4.51. The van der Waals surface area contributed by atoms with Gasteiger partial charge in [0, 0.05) is 54.6 Å². The molecule has 0 atom stereocenters. The molecule has 1 fully saturated rings. The topological polar surface area (TPSA) is 66.8 Å². The van der Waals surface area contributed by atoms with Crippen molar-refractivity contribution in [1.29, 1.82) is 0 Å². The van der Waals surface area contributed by atoms with Crippen LogP contribution in [0.25, 0.3) is 11.0 Å². The molecule has 0 aliphatic carbocycles. The Morgan fingerprint density at radius 3 is 2.59 bits per heavy atom. The highest BCUT2D eigenvalue weighted by atomic mass is 127. The second kappa shape index (κ2) is 8.25. The smallest absolute Gasteiger partial charge is 0.338 e. The van der Waals surface area contributed by atoms with Gasteiger partial charge in [0.2, 0.25) is 5.95 Å². The van der Waals surface area contributed by atoms with E-state index >= 15 is 0 Å². The fraction of sp³-hybridized carbons (Fsp3) is 0.368. The predicted molar refractivity (Wildman–Crippen MR) is 113 cm³/mol. The van der Waals surface area contributed by atoms with Crippen LogP contribution in [0.4, 0.5) is 24.9 Å². The van der Waals surface area contributed by atoms with Crippen LogP contribution in [-0.2, 0) is 10.5 Å². The van der Waals surface area contributed by atoms with Gasteiger partial charge in [0.15, 0.2) is 5.65 Å². The Bertz CT molecular complexity index is 1000. The molecule has 0 amide bonds. The molecule has 0 bridgehead atoms. The van der Waals surface area contributed by atoms with Gasteiger partial charge in [0.1, 0.15) is 17.7 Å². The molecule has 1 aliphatic rings. The largest absolute Gasteiger partial charge is 0.365 e. The van der Waals surface area contributed by atoms with E-state index in [0.29, 0.717) is 54.3 Å². The fourth-order valence-corrected chi connectivity index (χ4v) is 3.78. The Balaban J connectivity index is 1.65. The zero-order valence-corrected chi connectivity index (χ0v) is 17.5. The van der Waals surface area contributed by atoms with Crippen molar-refractivity contribution >= 4 is 45.4 Å². The number of halogens is 4. The molecule has 29 heavy (non-hydrogen) atoms. The van der Waals surface area contributed by atoms with Crippen molar-refractivity contribution in [2.45, 2.75) is 29.5 Å². The highest BCUT2D eigenvalue weighted by Crippen LogP contribution is 2.36. The number of piperidine rings is 1. The van der Waals surface area contributed by atoms with Gasteiger partial charge in [-0.25, -0.2) is 9.37 Å². The summed E-state index contributed by atoms with van der Waals surface area (Å²) < 4.78 is 38.1. The van der Waals surface area contributed by atoms with E-state index in [4.69, 9.17) is 0 Å². The van der Waals surface area contributed by atoms with Crippen LogP contribution in [0.5, 0.6) is 0 Å². The Labute approximate surface area is 179 Å². The Hall–Kier alpha value is -2.24. The van der Waals surface area contributed by atoms with Gasteiger partial charge in [-0.1, -0.05) is 6.07 Å². The van der Waals surface area contributed by atoms with Gasteiger partial charge >= 0.3 is 3.93 Å². The molecule has 10 heteroatoms. The Kier molecular flexibility index (Phi) is 5.70. The molecule has 0 aromatic carbocycles. The van der Waals surface area contributed by atoms with E-state index in [1.54, 1.807) is 24.4 Å². The quantitative estimate of drug-likeness (QED) is 0.401. The van der Waals surface area contributed by atoms with E-state index in [1.165, 1.54) is 6.20 Å². The summed E-state index contributed by atoms with van der Waals surface area (Å²) in [5.74, 6) is 0.947. The van der Waals surface area contributed by atoms with Crippen molar-refractivity contribution < 1.29 is 13.2 Å². The maximum Gasteiger partial charge on any atom is 0.338 e. The molecule has 0 radical (unpaired) electrons. The molecule has 152 valence electrons. The highest BCUT2D eigenvalue weighted by Gasteiger charge is 2.31. The average molecular weight is 514 g/mol. The Morgan fingerprint density at radius 1 is 1.10 bits per heavy atom. The summed E-state index contributed by atoms with van der Waals surface area (Å²) in [6, 6.07) is 6.81. The monoisotopic (exact) mass is 514 g/mol. The number of hydrogen-bond acceptors (Lipinski definition) is 6. The fourth-order valence-electron chi connectivity index (χ4n) is 3.29. The van der Waals surface area contributed by atoms with E-state index in [1.807, 2.05) is 11.0 Å². The van der Waals surface area contributed by atoms with Gasteiger partial charge < -0.3 is 10.2 Å². The minimum atomic E-state index is -3.08. The lowest BCUT2D eigenvalue weighted by Gasteiger charge is -2.29. The van der Waals surface area contributed by atoms with Gasteiger partial charge in [-0.05, 0) is 36.6 Å². The molecule has 3 aromatic heterocycles. The number of nitrogens with zero attached hydrogens (tertiary/aromatic N) is 5. The van der Waals surface area contributed by atoms with Crippen LogP contribution in [0.3, 0.4) is 0 Å². The number of rotatable bonds is 5. The summed E-state index contributed by atoms with van der Waals surface area (Å²) >= 11 is 1.08. The molecule has 0 spiro atoms. The second-order valence-corrected chi connectivity index (χ2v) is 8.13. The van der Waals surface area contributed by atoms with E-state index in [9.17, 15) is 13.2 Å². The maximum absolute atomic E-state index is 13.9. The molecule has 4 rings (SSSR count). The Morgan fingerprint density at radius 2 is 1.83 bits per heavy atom. The SMILES string of the molecule is FC1CCN(c2nc(NCc3cccnc3C(F)(F)I)c3cccnc3n2)CC1. The van der Waals surface area contributed by atoms with Gasteiger partial charge in [-0.3, -0.25) is 4.98 Å². The molecule has 3 aromatic rings. The molecule has 4 heterocycles. The first kappa shape index (κ1) is 20.0. The first-order chi connectivity index (χ1) is 13.9. The summed E-state index contributed by atoms with van der Waals surface area (Å²) in [7, 11) is 0. The average Bonchev–Trinajstić information content (AvgIpc) is 2.72. The first-order valence-electron chi connectivity index (χ1n) is 9.18. The normalized spacial score (nSPS) is 15.7. The van der Waals surface area contributed by atoms with Gasteiger partial charge in [0.25, 0.3) is 0 Å². The van der Waals surface area contributed by atoms with Crippen LogP contribution in [0.1, 0.15) is 24.1 Å². The number of fused-ring (bicyclic) bond motifs is 1. The lowest BCUT2D eigenvalue weighted by molar-refractivity contribution is 0.121. The van der Waals surface area contributed by atoms with Crippen LogP contribution in [0.2, 0.25) is 0 Å². The number of anilines is 2. The van der Waals surface area contributed by atoms with Crippen molar-refractivity contribution in [1.82, 2.24) is 19.9 Å². The third-order valence-electron chi connectivity index (χ3n) is 4.77. The summed E-state index contributed by atoms with van der Waals surface area (Å²) in [5.41, 5.74) is 0.588. The predicted octanol–water partition coefficient (Wildman–Crippen LogP) is 4.45. The number of hydrogen-bond donors (Lipinski definition) is 1. The maximum atomic E-state index is 13.9. The van der Waals surface area contributed by atoms with E-state index < -0.39 is 10.1 Å². The van der Waals surface area contributed by atoms with Crippen molar-refractivity contribution in [2.75, 3.05) is 23.3 Å². The first-order valence-corrected chi connectivity index (χ1v) is 10.3. The van der Waals surface area contributed by atoms with Crippen LogP contribution in [-0.4, -0.2) is 39.2 Å². The molecular weight excluding hydrogens is 496 g/mol. The van der Waals surface area contributed by atoms with Crippen LogP contribution in [0.15, 0.2) is 36.7 Å². The van der Waals surface area contributed by atoms with Gasteiger partial charge in [0.05, 0.1) is 5.39 Å². The molecule has 1 N–H and O–H groups in total. The molecule has 6 nitrogen and oxygen atoms in total. The number of aromatic nitrogens is 4. The minimum Gasteiger partial charge on any atom is -0.365 e. The zero-order valence-electron chi connectivity index (χ0n) is 15.3. The highest BCUT2D eigenvalue weighted by molar-refractivity contribution is 14.1. The lowest BCUT2D eigenvalue weighted by Crippen LogP contribution is -2.35. The van der Waals surface area contributed by atoms with Crippen LogP contribution >= 0.6 is 22.6 Å². The number of nitrogens with one attached hydrogen (secondary N) is 1.